The summed E-state index contributed by atoms with van der Waals surface area (Å²) in [6, 6.07) is 0.659. The number of hydrogen-bond acceptors (Lipinski definition) is 5. The molecule has 3 rings (SSSR count). The van der Waals surface area contributed by atoms with E-state index in [1.165, 1.54) is 19.3 Å². The normalized spacial score (nSPS) is 24.5. The van der Waals surface area contributed by atoms with Gasteiger partial charge in [0.15, 0.2) is 5.65 Å². The molecule has 1 saturated carbocycles. The van der Waals surface area contributed by atoms with E-state index >= 15 is 0 Å². The van der Waals surface area contributed by atoms with Gasteiger partial charge in [0, 0.05) is 11.3 Å². The molecule has 2 unspecified atom stereocenters. The fraction of sp³-hybridized carbons (Fsp3) is 0.545. The fourth-order valence-corrected chi connectivity index (χ4v) is 3.57. The summed E-state index contributed by atoms with van der Waals surface area (Å²) in [5.41, 5.74) is 1.72. The molecule has 2 atom stereocenters. The number of thioether (sulfide) groups is 1. The second-order valence-corrected chi connectivity index (χ2v) is 5.61. The number of aromatic nitrogens is 4. The fourth-order valence-electron chi connectivity index (χ4n) is 2.30. The molecule has 0 aromatic carbocycles. The summed E-state index contributed by atoms with van der Waals surface area (Å²) < 4.78 is 0. The van der Waals surface area contributed by atoms with Gasteiger partial charge in [-0.15, -0.1) is 11.8 Å². The van der Waals surface area contributed by atoms with Crippen LogP contribution in [0.2, 0.25) is 0 Å². The molecule has 5 nitrogen and oxygen atoms in total. The quantitative estimate of drug-likeness (QED) is 0.809. The van der Waals surface area contributed by atoms with Crippen LogP contribution in [0, 0.1) is 0 Å². The average Bonchev–Trinajstić information content (AvgIpc) is 2.97. The van der Waals surface area contributed by atoms with Gasteiger partial charge in [0.2, 0.25) is 0 Å². The number of aromatic amines is 1. The first-order valence-corrected chi connectivity index (χ1v) is 6.73. The van der Waals surface area contributed by atoms with Crippen LogP contribution in [0.1, 0.15) is 19.3 Å². The van der Waals surface area contributed by atoms with Crippen molar-refractivity contribution in [3.63, 3.8) is 0 Å². The molecule has 1 aliphatic rings. The van der Waals surface area contributed by atoms with Crippen molar-refractivity contribution in [3.8, 4) is 0 Å². The average molecular weight is 249 g/mol. The van der Waals surface area contributed by atoms with Gasteiger partial charge in [-0.25, -0.2) is 15.0 Å². The smallest absolute Gasteiger partial charge is 0.181 e. The van der Waals surface area contributed by atoms with E-state index in [4.69, 9.17) is 0 Å². The highest BCUT2D eigenvalue weighted by molar-refractivity contribution is 8.00. The van der Waals surface area contributed by atoms with E-state index in [9.17, 15) is 0 Å². The monoisotopic (exact) mass is 249 g/mol. The molecule has 1 fully saturated rings. The molecule has 0 bridgehead atoms. The third-order valence-electron chi connectivity index (χ3n) is 3.26. The van der Waals surface area contributed by atoms with Crippen LogP contribution in [0.4, 0.5) is 0 Å². The molecule has 2 heterocycles. The summed E-state index contributed by atoms with van der Waals surface area (Å²) in [6.07, 6.45) is 6.98. The van der Waals surface area contributed by atoms with E-state index < -0.39 is 0 Å². The first kappa shape index (κ1) is 11.0. The summed E-state index contributed by atoms with van der Waals surface area (Å²) in [5, 5.41) is 5.02. The summed E-state index contributed by atoms with van der Waals surface area (Å²) in [6.45, 7) is 0. The molecule has 0 radical (unpaired) electrons. The maximum absolute atomic E-state index is 4.35. The van der Waals surface area contributed by atoms with Crippen LogP contribution in [0.25, 0.3) is 11.2 Å². The third-order valence-corrected chi connectivity index (χ3v) is 4.55. The van der Waals surface area contributed by atoms with Crippen LogP contribution in [0.5, 0.6) is 0 Å². The van der Waals surface area contributed by atoms with E-state index in [0.29, 0.717) is 11.3 Å². The SMILES string of the molecule is CNC1CCC(Sc2ncnc3nc[nH]c23)C1. The zero-order chi connectivity index (χ0) is 11.7. The van der Waals surface area contributed by atoms with Crippen molar-refractivity contribution in [3.05, 3.63) is 12.7 Å². The maximum Gasteiger partial charge on any atom is 0.181 e. The van der Waals surface area contributed by atoms with Gasteiger partial charge in [0.25, 0.3) is 0 Å². The van der Waals surface area contributed by atoms with Crippen LogP contribution in [-0.2, 0) is 0 Å². The molecular formula is C11H15N5S. The molecule has 1 aliphatic carbocycles. The molecule has 17 heavy (non-hydrogen) atoms. The van der Waals surface area contributed by atoms with E-state index in [-0.39, 0.29) is 0 Å². The molecule has 2 aromatic rings. The Morgan fingerprint density at radius 2 is 2.29 bits per heavy atom. The van der Waals surface area contributed by atoms with Gasteiger partial charge in [-0.3, -0.25) is 0 Å². The Hall–Kier alpha value is -1.14. The third kappa shape index (κ3) is 2.14. The lowest BCUT2D eigenvalue weighted by Gasteiger charge is -2.09. The maximum atomic E-state index is 4.35. The van der Waals surface area contributed by atoms with Crippen molar-refractivity contribution in [1.29, 1.82) is 0 Å². The Kier molecular flexibility index (Phi) is 2.98. The van der Waals surface area contributed by atoms with E-state index in [1.807, 2.05) is 18.8 Å². The van der Waals surface area contributed by atoms with Crippen molar-refractivity contribution in [2.45, 2.75) is 35.6 Å². The van der Waals surface area contributed by atoms with Crippen molar-refractivity contribution in [2.75, 3.05) is 7.05 Å². The largest absolute Gasteiger partial charge is 0.341 e. The number of fused-ring (bicyclic) bond motifs is 1. The summed E-state index contributed by atoms with van der Waals surface area (Å²) in [7, 11) is 2.04. The Balaban J connectivity index is 1.79. The van der Waals surface area contributed by atoms with Gasteiger partial charge in [-0.2, -0.15) is 0 Å². The van der Waals surface area contributed by atoms with Crippen LogP contribution in [-0.4, -0.2) is 38.3 Å². The minimum atomic E-state index is 0.647. The number of nitrogens with zero attached hydrogens (tertiary/aromatic N) is 3. The van der Waals surface area contributed by atoms with Gasteiger partial charge >= 0.3 is 0 Å². The molecule has 0 spiro atoms. The molecule has 0 saturated heterocycles. The highest BCUT2D eigenvalue weighted by Gasteiger charge is 2.25. The van der Waals surface area contributed by atoms with Crippen molar-refractivity contribution in [1.82, 2.24) is 25.3 Å². The zero-order valence-electron chi connectivity index (χ0n) is 9.68. The van der Waals surface area contributed by atoms with Gasteiger partial charge in [-0.05, 0) is 26.3 Å². The van der Waals surface area contributed by atoms with E-state index in [0.717, 1.165) is 16.2 Å². The number of rotatable bonds is 3. The Morgan fingerprint density at radius 3 is 3.12 bits per heavy atom. The minimum Gasteiger partial charge on any atom is -0.341 e. The van der Waals surface area contributed by atoms with Gasteiger partial charge in [0.05, 0.1) is 6.33 Å². The van der Waals surface area contributed by atoms with Crippen LogP contribution in [0.15, 0.2) is 17.7 Å². The Labute approximate surface area is 104 Å². The van der Waals surface area contributed by atoms with E-state index in [1.54, 1.807) is 12.7 Å². The van der Waals surface area contributed by atoms with Gasteiger partial charge < -0.3 is 10.3 Å². The van der Waals surface area contributed by atoms with Crippen LogP contribution in [0.3, 0.4) is 0 Å². The molecular weight excluding hydrogens is 234 g/mol. The number of hydrogen-bond donors (Lipinski definition) is 2. The molecule has 0 aliphatic heterocycles. The summed E-state index contributed by atoms with van der Waals surface area (Å²) in [4.78, 5) is 15.7. The van der Waals surface area contributed by atoms with Crippen molar-refractivity contribution >= 4 is 22.9 Å². The molecule has 6 heteroatoms. The summed E-state index contributed by atoms with van der Waals surface area (Å²) in [5.74, 6) is 0. The molecule has 2 N–H and O–H groups in total. The van der Waals surface area contributed by atoms with Gasteiger partial charge in [0.1, 0.15) is 16.9 Å². The Morgan fingerprint density at radius 1 is 1.35 bits per heavy atom. The second kappa shape index (κ2) is 4.62. The topological polar surface area (TPSA) is 66.5 Å². The second-order valence-electron chi connectivity index (χ2n) is 4.32. The lowest BCUT2D eigenvalue weighted by atomic mass is 10.3. The summed E-state index contributed by atoms with van der Waals surface area (Å²) >= 11 is 1.84. The highest BCUT2D eigenvalue weighted by atomic mass is 32.2. The highest BCUT2D eigenvalue weighted by Crippen LogP contribution is 2.35. The van der Waals surface area contributed by atoms with Crippen LogP contribution < -0.4 is 5.32 Å². The van der Waals surface area contributed by atoms with Gasteiger partial charge in [-0.1, -0.05) is 0 Å². The number of imidazole rings is 1. The predicted molar refractivity (Wildman–Crippen MR) is 68.0 cm³/mol. The number of H-pyrrole nitrogens is 1. The predicted octanol–water partition coefficient (Wildman–Crippen LogP) is 1.59. The number of nitrogens with one attached hydrogen (secondary N) is 2. The van der Waals surface area contributed by atoms with Crippen LogP contribution >= 0.6 is 11.8 Å². The first-order chi connectivity index (χ1) is 8.36. The zero-order valence-corrected chi connectivity index (χ0v) is 10.5. The minimum absolute atomic E-state index is 0.647. The molecule has 2 aromatic heterocycles. The lowest BCUT2D eigenvalue weighted by Crippen LogP contribution is -2.21. The van der Waals surface area contributed by atoms with E-state index in [2.05, 4.69) is 25.3 Å². The molecule has 90 valence electrons. The van der Waals surface area contributed by atoms with Crippen molar-refractivity contribution < 1.29 is 0 Å². The Bertz CT molecular complexity index is 511. The standard InChI is InChI=1S/C11H15N5S/c1-12-7-2-3-8(4-7)17-11-9-10(14-5-13-9)15-6-16-11/h5-8,12H,2-4H2,1H3,(H,13,14,15,16). The molecule has 0 amide bonds. The first-order valence-electron chi connectivity index (χ1n) is 5.85. The van der Waals surface area contributed by atoms with Crippen molar-refractivity contribution in [2.24, 2.45) is 0 Å². The lowest BCUT2D eigenvalue weighted by molar-refractivity contribution is 0.583.